The summed E-state index contributed by atoms with van der Waals surface area (Å²) in [5.41, 5.74) is 0. The van der Waals surface area contributed by atoms with Crippen molar-refractivity contribution in [3.63, 3.8) is 0 Å². The molecule has 0 bridgehead atoms. The predicted molar refractivity (Wildman–Crippen MR) is 159 cm³/mol. The second-order valence-electron chi connectivity index (χ2n) is 12.0. The van der Waals surface area contributed by atoms with Crippen LogP contribution in [0.3, 0.4) is 0 Å². The van der Waals surface area contributed by atoms with Crippen LogP contribution >= 0.6 is 0 Å². The number of nitrogens with zero attached hydrogens (tertiary/aromatic N) is 3. The predicted octanol–water partition coefficient (Wildman–Crippen LogP) is 3.94. The number of likely N-dealkylation sites (tertiary alicyclic amines) is 2. The molecule has 2 saturated heterocycles. The Labute approximate surface area is 238 Å². The van der Waals surface area contributed by atoms with Gasteiger partial charge in [-0.2, -0.15) is 0 Å². The zero-order valence-corrected chi connectivity index (χ0v) is 25.1. The Bertz CT molecular complexity index is 636. The fraction of sp³-hybridized carbons (Fsp3) is 0.935. The number of aliphatic hydroxyl groups is 2. The van der Waals surface area contributed by atoms with E-state index in [9.17, 15) is 14.7 Å². The molecule has 0 radical (unpaired) electrons. The number of hydrogen-bond donors (Lipinski definition) is 3. The lowest BCUT2D eigenvalue weighted by Gasteiger charge is -2.37. The number of unbranched alkanes of at least 4 members (excludes halogenated alkanes) is 7. The molecule has 0 saturated carbocycles. The van der Waals surface area contributed by atoms with Crippen molar-refractivity contribution in [1.82, 2.24) is 20.0 Å². The van der Waals surface area contributed by atoms with Crippen LogP contribution in [0.15, 0.2) is 0 Å². The molecule has 0 aliphatic carbocycles. The van der Waals surface area contributed by atoms with Crippen molar-refractivity contribution in [3.05, 3.63) is 0 Å². The van der Waals surface area contributed by atoms with Crippen molar-refractivity contribution in [1.29, 1.82) is 0 Å². The number of aliphatic hydroxyl groups excluding tert-OH is 2. The van der Waals surface area contributed by atoms with Gasteiger partial charge in [0.05, 0.1) is 12.7 Å². The summed E-state index contributed by atoms with van der Waals surface area (Å²) in [5.74, 6) is 0.454. The number of carbonyl (C=O) groups excluding carboxylic acids is 2. The average molecular weight is 553 g/mol. The molecule has 8 heteroatoms. The number of hydrogen-bond acceptors (Lipinski definition) is 6. The molecule has 2 heterocycles. The number of rotatable bonds is 21. The zero-order valence-electron chi connectivity index (χ0n) is 25.1. The van der Waals surface area contributed by atoms with Crippen LogP contribution in [0.1, 0.15) is 116 Å². The molecule has 1 atom stereocenters. The van der Waals surface area contributed by atoms with Crippen LogP contribution in [0.25, 0.3) is 0 Å². The van der Waals surface area contributed by atoms with E-state index in [1.165, 1.54) is 71.0 Å². The number of piperidine rings is 2. The highest BCUT2D eigenvalue weighted by atomic mass is 16.3. The lowest BCUT2D eigenvalue weighted by Crippen LogP contribution is -2.45. The fourth-order valence-corrected chi connectivity index (χ4v) is 5.95. The van der Waals surface area contributed by atoms with E-state index < -0.39 is 6.10 Å². The van der Waals surface area contributed by atoms with E-state index >= 15 is 0 Å². The van der Waals surface area contributed by atoms with E-state index in [2.05, 4.69) is 15.1 Å². The monoisotopic (exact) mass is 552 g/mol. The molecule has 2 aliphatic heterocycles. The van der Waals surface area contributed by atoms with Crippen LogP contribution in [-0.4, -0.2) is 108 Å². The van der Waals surface area contributed by atoms with E-state index in [0.29, 0.717) is 37.8 Å². The smallest absolute Gasteiger partial charge is 0.222 e. The fourth-order valence-electron chi connectivity index (χ4n) is 5.95. The lowest BCUT2D eigenvalue weighted by atomic mass is 10.0. The second-order valence-corrected chi connectivity index (χ2v) is 12.0. The first-order chi connectivity index (χ1) is 19.0. The normalized spacial score (nSPS) is 18.2. The summed E-state index contributed by atoms with van der Waals surface area (Å²) in [6.07, 6.45) is 18.3. The molecule has 0 spiro atoms. The van der Waals surface area contributed by atoms with E-state index in [4.69, 9.17) is 5.11 Å². The van der Waals surface area contributed by atoms with E-state index in [-0.39, 0.29) is 12.5 Å². The Kier molecular flexibility index (Phi) is 18.7. The molecule has 2 rings (SSSR count). The molecule has 0 aromatic heterocycles. The van der Waals surface area contributed by atoms with Gasteiger partial charge < -0.3 is 30.2 Å². The van der Waals surface area contributed by atoms with Gasteiger partial charge in [0, 0.05) is 45.6 Å². The number of carbonyl (C=O) groups is 2. The third-order valence-electron chi connectivity index (χ3n) is 8.69. The Morgan fingerprint density at radius 3 is 2.08 bits per heavy atom. The molecular weight excluding hydrogens is 492 g/mol. The molecule has 2 fully saturated rings. The van der Waals surface area contributed by atoms with E-state index in [0.717, 1.165) is 64.6 Å². The van der Waals surface area contributed by atoms with Crippen molar-refractivity contribution in [2.24, 2.45) is 0 Å². The first kappa shape index (κ1) is 34.0. The van der Waals surface area contributed by atoms with Gasteiger partial charge in [-0.1, -0.05) is 32.1 Å². The van der Waals surface area contributed by atoms with Gasteiger partial charge in [0.1, 0.15) is 0 Å². The lowest BCUT2D eigenvalue weighted by molar-refractivity contribution is -0.133. The summed E-state index contributed by atoms with van der Waals surface area (Å²) in [6, 6.07) is 0.403. The molecule has 0 aromatic rings. The summed E-state index contributed by atoms with van der Waals surface area (Å²) in [7, 11) is 2.02. The molecule has 8 nitrogen and oxygen atoms in total. The highest BCUT2D eigenvalue weighted by Gasteiger charge is 2.24. The highest BCUT2D eigenvalue weighted by molar-refractivity contribution is 5.76. The Morgan fingerprint density at radius 1 is 0.795 bits per heavy atom. The molecule has 228 valence electrons. The molecule has 0 aromatic carbocycles. The standard InChI is InChI=1S/C31H60N4O4/c1-33(31(39)17-8-5-12-21-34-22-13-6-14-23-34)28-18-25-35(26-19-28)24-11-4-2-3-7-16-30(38)32-20-10-9-15-29(37)27-36/h28-29,36-37H,2-27H2,1H3,(H,32,38). The summed E-state index contributed by atoms with van der Waals surface area (Å²) < 4.78 is 0. The summed E-state index contributed by atoms with van der Waals surface area (Å²) in [5, 5.41) is 21.0. The zero-order chi connectivity index (χ0) is 28.1. The minimum Gasteiger partial charge on any atom is -0.394 e. The Morgan fingerprint density at radius 2 is 1.38 bits per heavy atom. The first-order valence-corrected chi connectivity index (χ1v) is 16.3. The van der Waals surface area contributed by atoms with Crippen LogP contribution in [0, 0.1) is 0 Å². The number of nitrogens with one attached hydrogen (secondary N) is 1. The van der Waals surface area contributed by atoms with Crippen molar-refractivity contribution >= 4 is 11.8 Å². The maximum Gasteiger partial charge on any atom is 0.222 e. The van der Waals surface area contributed by atoms with Gasteiger partial charge in [0.2, 0.25) is 11.8 Å². The van der Waals surface area contributed by atoms with Crippen LogP contribution in [0.2, 0.25) is 0 Å². The van der Waals surface area contributed by atoms with Crippen LogP contribution in [0.5, 0.6) is 0 Å². The first-order valence-electron chi connectivity index (χ1n) is 16.3. The SMILES string of the molecule is CN(C(=O)CCCCCN1CCCCC1)C1CCN(CCCCCCCC(=O)NCCCCC(O)CO)CC1. The minimum absolute atomic E-state index is 0.122. The molecule has 39 heavy (non-hydrogen) atoms. The Balaban J connectivity index is 1.39. The van der Waals surface area contributed by atoms with E-state index in [1.54, 1.807) is 0 Å². The van der Waals surface area contributed by atoms with Gasteiger partial charge in [0.15, 0.2) is 0 Å². The maximum absolute atomic E-state index is 12.7. The van der Waals surface area contributed by atoms with Crippen LogP contribution in [-0.2, 0) is 9.59 Å². The molecule has 2 aliphatic rings. The van der Waals surface area contributed by atoms with Gasteiger partial charge in [0.25, 0.3) is 0 Å². The molecule has 3 N–H and O–H groups in total. The van der Waals surface area contributed by atoms with Gasteiger partial charge in [-0.05, 0) is 96.8 Å². The third-order valence-corrected chi connectivity index (χ3v) is 8.69. The summed E-state index contributed by atoms with van der Waals surface area (Å²) >= 11 is 0. The average Bonchev–Trinajstić information content (AvgIpc) is 2.96. The van der Waals surface area contributed by atoms with Crippen molar-refractivity contribution < 1.29 is 19.8 Å². The van der Waals surface area contributed by atoms with Crippen molar-refractivity contribution in [2.45, 2.75) is 128 Å². The van der Waals surface area contributed by atoms with Gasteiger partial charge in [-0.3, -0.25) is 9.59 Å². The largest absolute Gasteiger partial charge is 0.394 e. The summed E-state index contributed by atoms with van der Waals surface area (Å²) in [6.45, 7) is 7.54. The van der Waals surface area contributed by atoms with Crippen LogP contribution in [0.4, 0.5) is 0 Å². The maximum atomic E-state index is 12.7. The highest BCUT2D eigenvalue weighted by Crippen LogP contribution is 2.18. The van der Waals surface area contributed by atoms with Crippen molar-refractivity contribution in [2.75, 3.05) is 59.5 Å². The van der Waals surface area contributed by atoms with Gasteiger partial charge in [-0.25, -0.2) is 0 Å². The quantitative estimate of drug-likeness (QED) is 0.187. The van der Waals surface area contributed by atoms with Gasteiger partial charge >= 0.3 is 0 Å². The molecular formula is C31H60N4O4. The Hall–Kier alpha value is -1.22. The summed E-state index contributed by atoms with van der Waals surface area (Å²) in [4.78, 5) is 31.8. The topological polar surface area (TPSA) is 96.4 Å². The second kappa shape index (κ2) is 21.5. The van der Waals surface area contributed by atoms with Crippen molar-refractivity contribution in [3.8, 4) is 0 Å². The van der Waals surface area contributed by atoms with Gasteiger partial charge in [-0.15, -0.1) is 0 Å². The van der Waals surface area contributed by atoms with Crippen LogP contribution < -0.4 is 5.32 Å². The molecule has 1 unspecified atom stereocenters. The molecule has 2 amide bonds. The number of amides is 2. The van der Waals surface area contributed by atoms with E-state index in [1.807, 2.05) is 11.9 Å². The third kappa shape index (κ3) is 16.0. The minimum atomic E-state index is -0.636.